The number of hydrogen-bond donors (Lipinski definition) is 2. The number of rotatable bonds is 8. The van der Waals surface area contributed by atoms with Gasteiger partial charge in [0.2, 0.25) is 11.6 Å². The molecule has 11 nitrogen and oxygen atoms in total. The van der Waals surface area contributed by atoms with Crippen molar-refractivity contribution in [1.29, 1.82) is 0 Å². The SMILES string of the molecule is COC(=O)c1cc(Nc2ncnc(NCc3ccc(Cl)cc3)c2[N+](=O)[O-])cc(C(=O)OC)c1. The van der Waals surface area contributed by atoms with Crippen LogP contribution >= 0.6 is 11.6 Å². The molecular weight excluding hydrogens is 454 g/mol. The van der Waals surface area contributed by atoms with Crippen molar-refractivity contribution < 1.29 is 24.0 Å². The molecule has 170 valence electrons. The number of nitro groups is 1. The number of benzene rings is 2. The molecule has 0 spiro atoms. The molecule has 33 heavy (non-hydrogen) atoms. The Hall–Kier alpha value is -4.25. The summed E-state index contributed by atoms with van der Waals surface area (Å²) in [6.45, 7) is 0.249. The summed E-state index contributed by atoms with van der Waals surface area (Å²) in [4.78, 5) is 43.1. The van der Waals surface area contributed by atoms with E-state index < -0.39 is 22.5 Å². The first-order valence-corrected chi connectivity index (χ1v) is 9.76. The van der Waals surface area contributed by atoms with E-state index in [1.807, 2.05) is 0 Å². The molecule has 2 N–H and O–H groups in total. The normalized spacial score (nSPS) is 10.3. The minimum Gasteiger partial charge on any atom is -0.465 e. The summed E-state index contributed by atoms with van der Waals surface area (Å²) >= 11 is 5.88. The van der Waals surface area contributed by atoms with Crippen LogP contribution in [-0.4, -0.2) is 41.0 Å². The van der Waals surface area contributed by atoms with Crippen LogP contribution in [0.1, 0.15) is 26.3 Å². The summed E-state index contributed by atoms with van der Waals surface area (Å²) in [5, 5.41) is 18.1. The highest BCUT2D eigenvalue weighted by Crippen LogP contribution is 2.32. The van der Waals surface area contributed by atoms with Gasteiger partial charge in [0.05, 0.1) is 30.3 Å². The molecular formula is C21H18ClN5O6. The van der Waals surface area contributed by atoms with E-state index in [-0.39, 0.29) is 35.0 Å². The highest BCUT2D eigenvalue weighted by atomic mass is 35.5. The van der Waals surface area contributed by atoms with Crippen molar-refractivity contribution in [2.24, 2.45) is 0 Å². The first kappa shape index (κ1) is 23.4. The Morgan fingerprint density at radius 2 is 1.58 bits per heavy atom. The van der Waals surface area contributed by atoms with E-state index in [4.69, 9.17) is 21.1 Å². The molecule has 0 saturated carbocycles. The highest BCUT2D eigenvalue weighted by Gasteiger charge is 2.24. The molecule has 0 saturated heterocycles. The second-order valence-corrected chi connectivity index (χ2v) is 7.00. The molecule has 1 heterocycles. The van der Waals surface area contributed by atoms with Crippen molar-refractivity contribution in [3.63, 3.8) is 0 Å². The average Bonchev–Trinajstić information content (AvgIpc) is 2.82. The van der Waals surface area contributed by atoms with Gasteiger partial charge in [-0.3, -0.25) is 10.1 Å². The summed E-state index contributed by atoms with van der Waals surface area (Å²) in [6.07, 6.45) is 1.14. The third kappa shape index (κ3) is 5.71. The average molecular weight is 472 g/mol. The van der Waals surface area contributed by atoms with E-state index in [1.54, 1.807) is 24.3 Å². The second-order valence-electron chi connectivity index (χ2n) is 6.56. The van der Waals surface area contributed by atoms with Crippen LogP contribution in [0.2, 0.25) is 5.02 Å². The van der Waals surface area contributed by atoms with E-state index in [9.17, 15) is 19.7 Å². The molecule has 0 radical (unpaired) electrons. The molecule has 0 aliphatic heterocycles. The van der Waals surface area contributed by atoms with Gasteiger partial charge >= 0.3 is 17.6 Å². The maximum absolute atomic E-state index is 12.0. The lowest BCUT2D eigenvalue weighted by Gasteiger charge is -2.12. The number of nitrogens with zero attached hydrogens (tertiary/aromatic N) is 3. The van der Waals surface area contributed by atoms with Crippen molar-refractivity contribution in [3.05, 3.63) is 80.6 Å². The predicted octanol–water partition coefficient (Wildman–Crippen LogP) is 3.97. The minimum absolute atomic E-state index is 0.0234. The number of ether oxygens (including phenoxy) is 2. The molecule has 0 aliphatic carbocycles. The lowest BCUT2D eigenvalue weighted by molar-refractivity contribution is -0.383. The molecule has 0 atom stereocenters. The van der Waals surface area contributed by atoms with E-state index in [0.717, 1.165) is 11.9 Å². The van der Waals surface area contributed by atoms with Crippen LogP contribution in [0.15, 0.2) is 48.8 Å². The molecule has 0 aliphatic rings. The van der Waals surface area contributed by atoms with Gasteiger partial charge in [0.1, 0.15) is 6.33 Å². The van der Waals surface area contributed by atoms with Crippen LogP contribution in [0.4, 0.5) is 23.0 Å². The van der Waals surface area contributed by atoms with Gasteiger partial charge in [0.15, 0.2) is 0 Å². The van der Waals surface area contributed by atoms with Crippen LogP contribution < -0.4 is 10.6 Å². The van der Waals surface area contributed by atoms with Crippen LogP contribution in [0.3, 0.4) is 0 Å². The second kappa shape index (κ2) is 10.4. The largest absolute Gasteiger partial charge is 0.465 e. The third-order valence-electron chi connectivity index (χ3n) is 4.42. The van der Waals surface area contributed by atoms with Crippen molar-refractivity contribution in [3.8, 4) is 0 Å². The van der Waals surface area contributed by atoms with Crippen molar-refractivity contribution in [2.75, 3.05) is 24.9 Å². The van der Waals surface area contributed by atoms with Gasteiger partial charge in [-0.05, 0) is 35.9 Å². The minimum atomic E-state index is -0.702. The van der Waals surface area contributed by atoms with Gasteiger partial charge < -0.3 is 20.1 Å². The van der Waals surface area contributed by atoms with Crippen LogP contribution in [0.25, 0.3) is 0 Å². The van der Waals surface area contributed by atoms with Crippen LogP contribution in [0.5, 0.6) is 0 Å². The smallest absolute Gasteiger partial charge is 0.353 e. The summed E-state index contributed by atoms with van der Waals surface area (Å²) < 4.78 is 9.40. The Bertz CT molecular complexity index is 1170. The summed E-state index contributed by atoms with van der Waals surface area (Å²) in [7, 11) is 2.38. The molecule has 2 aromatic carbocycles. The lowest BCUT2D eigenvalue weighted by atomic mass is 10.1. The van der Waals surface area contributed by atoms with E-state index in [0.29, 0.717) is 5.02 Å². The number of aromatic nitrogens is 2. The summed E-state index contributed by atoms with van der Waals surface area (Å²) in [6, 6.07) is 11.0. The molecule has 0 fully saturated rings. The quantitative estimate of drug-likeness (QED) is 0.281. The standard InChI is InChI=1S/C21H18ClN5O6/c1-32-20(28)13-7-14(21(29)33-2)9-16(8-13)26-19-17(27(30)31)18(24-11-25-19)23-10-12-3-5-15(22)6-4-12/h3-9,11H,10H2,1-2H3,(H2,23,24,25,26). The number of halogens is 1. The van der Waals surface area contributed by atoms with Crippen LogP contribution in [-0.2, 0) is 16.0 Å². The molecule has 3 rings (SSSR count). The highest BCUT2D eigenvalue weighted by molar-refractivity contribution is 6.30. The fourth-order valence-electron chi connectivity index (χ4n) is 2.87. The number of esters is 2. The Morgan fingerprint density at radius 3 is 2.12 bits per heavy atom. The van der Waals surface area contributed by atoms with Crippen LogP contribution in [0, 0.1) is 10.1 Å². The number of carbonyl (C=O) groups excluding carboxylic acids is 2. The number of anilines is 3. The predicted molar refractivity (Wildman–Crippen MR) is 120 cm³/mol. The number of methoxy groups -OCH3 is 2. The van der Waals surface area contributed by atoms with E-state index >= 15 is 0 Å². The molecule has 1 aromatic heterocycles. The zero-order chi connectivity index (χ0) is 24.0. The van der Waals surface area contributed by atoms with E-state index in [1.165, 1.54) is 32.4 Å². The topological polar surface area (TPSA) is 146 Å². The number of hydrogen-bond acceptors (Lipinski definition) is 10. The molecule has 0 unspecified atom stereocenters. The van der Waals surface area contributed by atoms with Gasteiger partial charge in [-0.1, -0.05) is 23.7 Å². The number of nitrogens with one attached hydrogen (secondary N) is 2. The Labute approximate surface area is 192 Å². The Kier molecular flexibility index (Phi) is 7.36. The van der Waals surface area contributed by atoms with Crippen molar-refractivity contribution >= 4 is 46.6 Å². The molecule has 12 heteroatoms. The molecule has 0 bridgehead atoms. The number of carbonyl (C=O) groups is 2. The van der Waals surface area contributed by atoms with Gasteiger partial charge in [-0.15, -0.1) is 0 Å². The summed E-state index contributed by atoms with van der Waals surface area (Å²) in [5.41, 5.74) is 0.676. The fourth-order valence-corrected chi connectivity index (χ4v) is 2.99. The molecule has 0 amide bonds. The summed E-state index contributed by atoms with van der Waals surface area (Å²) in [5.74, 6) is -1.58. The van der Waals surface area contributed by atoms with E-state index in [2.05, 4.69) is 20.6 Å². The zero-order valence-electron chi connectivity index (χ0n) is 17.5. The Balaban J connectivity index is 1.95. The van der Waals surface area contributed by atoms with Gasteiger partial charge in [-0.2, -0.15) is 0 Å². The zero-order valence-corrected chi connectivity index (χ0v) is 18.3. The van der Waals surface area contributed by atoms with Crippen molar-refractivity contribution in [2.45, 2.75) is 6.54 Å². The lowest BCUT2D eigenvalue weighted by Crippen LogP contribution is -2.10. The first-order valence-electron chi connectivity index (χ1n) is 9.38. The Morgan fingerprint density at radius 1 is 1.00 bits per heavy atom. The maximum Gasteiger partial charge on any atom is 0.353 e. The molecule has 3 aromatic rings. The van der Waals surface area contributed by atoms with Crippen molar-refractivity contribution in [1.82, 2.24) is 9.97 Å². The monoisotopic (exact) mass is 471 g/mol. The first-order chi connectivity index (χ1) is 15.8. The third-order valence-corrected chi connectivity index (χ3v) is 4.67. The van der Waals surface area contributed by atoms with Gasteiger partial charge in [0.25, 0.3) is 0 Å². The van der Waals surface area contributed by atoms with Gasteiger partial charge in [-0.25, -0.2) is 19.6 Å². The maximum atomic E-state index is 12.0. The van der Waals surface area contributed by atoms with Gasteiger partial charge in [0, 0.05) is 17.3 Å². The fraction of sp³-hybridized carbons (Fsp3) is 0.143.